The van der Waals surface area contributed by atoms with Crippen LogP contribution in [0.2, 0.25) is 0 Å². The van der Waals surface area contributed by atoms with Crippen LogP contribution in [0.4, 0.5) is 0 Å². The molecule has 1 heteroatoms. The smallest absolute Gasteiger partial charge is 0.169 e. The SMILES string of the molecule is CCCCCCCCCCCCCCCCC[n+]1ccc(CCCCCCCCCCC)cc1. The third kappa shape index (κ3) is 20.5. The second-order valence-electron chi connectivity index (χ2n) is 11.0. The minimum absolute atomic E-state index is 1.19. The van der Waals surface area contributed by atoms with Gasteiger partial charge in [0.2, 0.25) is 0 Å². The molecule has 1 aromatic heterocycles. The van der Waals surface area contributed by atoms with Crippen molar-refractivity contribution in [2.45, 2.75) is 181 Å². The molecule has 0 saturated carbocycles. The second-order valence-corrected chi connectivity index (χ2v) is 11.0. The van der Waals surface area contributed by atoms with Gasteiger partial charge in [-0.2, -0.15) is 0 Å². The van der Waals surface area contributed by atoms with E-state index in [1.54, 1.807) is 0 Å². The Kier molecular flexibility index (Phi) is 23.2. The molecule has 1 nitrogen and oxygen atoms in total. The molecule has 0 saturated heterocycles. The highest BCUT2D eigenvalue weighted by atomic mass is 14.9. The maximum Gasteiger partial charge on any atom is 0.169 e. The van der Waals surface area contributed by atoms with Gasteiger partial charge in [-0.25, -0.2) is 4.57 Å². The van der Waals surface area contributed by atoms with Gasteiger partial charge in [-0.3, -0.25) is 0 Å². The van der Waals surface area contributed by atoms with Crippen LogP contribution in [-0.2, 0) is 13.0 Å². The van der Waals surface area contributed by atoms with Gasteiger partial charge in [-0.15, -0.1) is 0 Å². The summed E-state index contributed by atoms with van der Waals surface area (Å²) in [4.78, 5) is 0. The lowest BCUT2D eigenvalue weighted by molar-refractivity contribution is -0.697. The number of aryl methyl sites for hydroxylation is 2. The molecule has 0 aliphatic carbocycles. The standard InChI is InChI=1S/C33H62N/c1-3-5-7-9-11-13-14-15-16-17-18-20-22-24-26-30-34-31-28-33(29-32-34)27-25-23-21-19-12-10-8-6-4-2/h28-29,31-32H,3-27,30H2,1-2H3/q+1. The Morgan fingerprint density at radius 1 is 0.412 bits per heavy atom. The van der Waals surface area contributed by atoms with Crippen LogP contribution in [0.25, 0.3) is 0 Å². The molecule has 1 aromatic rings. The first kappa shape index (κ1) is 31.2. The van der Waals surface area contributed by atoms with Gasteiger partial charge in [0.15, 0.2) is 12.4 Å². The highest BCUT2D eigenvalue weighted by Crippen LogP contribution is 2.14. The van der Waals surface area contributed by atoms with Crippen molar-refractivity contribution < 1.29 is 4.57 Å². The minimum Gasteiger partial charge on any atom is -0.205 e. The molecule has 0 aliphatic rings. The van der Waals surface area contributed by atoms with Gasteiger partial charge >= 0.3 is 0 Å². The first-order valence-electron chi connectivity index (χ1n) is 15.8. The monoisotopic (exact) mass is 472 g/mol. The fourth-order valence-electron chi connectivity index (χ4n) is 5.11. The van der Waals surface area contributed by atoms with Crippen molar-refractivity contribution in [1.82, 2.24) is 0 Å². The minimum atomic E-state index is 1.19. The van der Waals surface area contributed by atoms with E-state index in [0.29, 0.717) is 0 Å². The number of hydrogen-bond acceptors (Lipinski definition) is 0. The van der Waals surface area contributed by atoms with Crippen LogP contribution in [0.1, 0.15) is 174 Å². The fourth-order valence-corrected chi connectivity index (χ4v) is 5.11. The van der Waals surface area contributed by atoms with E-state index >= 15 is 0 Å². The Morgan fingerprint density at radius 3 is 1.12 bits per heavy atom. The van der Waals surface area contributed by atoms with Crippen LogP contribution < -0.4 is 4.57 Å². The van der Waals surface area contributed by atoms with Crippen LogP contribution in [0.3, 0.4) is 0 Å². The predicted molar refractivity (Wildman–Crippen MR) is 152 cm³/mol. The number of hydrogen-bond donors (Lipinski definition) is 0. The lowest BCUT2D eigenvalue weighted by Gasteiger charge is -2.04. The molecular formula is C33H62N+. The third-order valence-electron chi connectivity index (χ3n) is 7.55. The van der Waals surface area contributed by atoms with E-state index in [4.69, 9.17) is 0 Å². The molecule has 0 aliphatic heterocycles. The van der Waals surface area contributed by atoms with E-state index in [-0.39, 0.29) is 0 Å². The zero-order valence-electron chi connectivity index (χ0n) is 23.6. The number of aromatic nitrogens is 1. The molecule has 1 rings (SSSR count). The molecule has 0 atom stereocenters. The quantitative estimate of drug-likeness (QED) is 0.0932. The molecular weight excluding hydrogens is 410 g/mol. The van der Waals surface area contributed by atoms with Crippen molar-refractivity contribution >= 4 is 0 Å². The van der Waals surface area contributed by atoms with E-state index in [0.717, 1.165) is 0 Å². The van der Waals surface area contributed by atoms with Crippen molar-refractivity contribution in [3.05, 3.63) is 30.1 Å². The lowest BCUT2D eigenvalue weighted by atomic mass is 10.0. The summed E-state index contributed by atoms with van der Waals surface area (Å²) < 4.78 is 2.39. The number of nitrogens with zero attached hydrogens (tertiary/aromatic N) is 1. The summed E-state index contributed by atoms with van der Waals surface area (Å²) in [6, 6.07) is 4.71. The van der Waals surface area contributed by atoms with Crippen molar-refractivity contribution in [3.8, 4) is 0 Å². The topological polar surface area (TPSA) is 3.88 Å². The molecule has 0 N–H and O–H groups in total. The van der Waals surface area contributed by atoms with Gasteiger partial charge in [0.25, 0.3) is 0 Å². The lowest BCUT2D eigenvalue weighted by Crippen LogP contribution is -2.32. The Labute approximate surface area is 215 Å². The maximum absolute atomic E-state index is 2.39. The van der Waals surface area contributed by atoms with E-state index < -0.39 is 0 Å². The van der Waals surface area contributed by atoms with Crippen molar-refractivity contribution in [2.75, 3.05) is 0 Å². The summed E-state index contributed by atoms with van der Waals surface area (Å²) in [5.41, 5.74) is 1.52. The van der Waals surface area contributed by atoms with Crippen molar-refractivity contribution in [2.24, 2.45) is 0 Å². The summed E-state index contributed by atoms with van der Waals surface area (Å²) in [7, 11) is 0. The van der Waals surface area contributed by atoms with Crippen LogP contribution >= 0.6 is 0 Å². The Hall–Kier alpha value is -0.850. The van der Waals surface area contributed by atoms with E-state index in [9.17, 15) is 0 Å². The van der Waals surface area contributed by atoms with Crippen LogP contribution in [-0.4, -0.2) is 0 Å². The Morgan fingerprint density at radius 2 is 0.735 bits per heavy atom. The van der Waals surface area contributed by atoms with E-state index in [1.165, 1.54) is 173 Å². The first-order valence-corrected chi connectivity index (χ1v) is 15.8. The average molecular weight is 473 g/mol. The number of pyridine rings is 1. The van der Waals surface area contributed by atoms with Gasteiger partial charge in [-0.1, -0.05) is 149 Å². The number of unbranched alkanes of at least 4 members (excludes halogenated alkanes) is 22. The zero-order valence-corrected chi connectivity index (χ0v) is 23.6. The largest absolute Gasteiger partial charge is 0.205 e. The molecule has 0 aromatic carbocycles. The molecule has 0 fully saturated rings. The molecule has 0 radical (unpaired) electrons. The Balaban J connectivity index is 1.85. The molecule has 34 heavy (non-hydrogen) atoms. The highest BCUT2D eigenvalue weighted by Gasteiger charge is 2.02. The summed E-state index contributed by atoms with van der Waals surface area (Å²) in [5, 5.41) is 0. The molecule has 1 heterocycles. The summed E-state index contributed by atoms with van der Waals surface area (Å²) in [6.07, 6.45) is 40.2. The maximum atomic E-state index is 2.39. The van der Waals surface area contributed by atoms with Crippen molar-refractivity contribution in [3.63, 3.8) is 0 Å². The van der Waals surface area contributed by atoms with E-state index in [1.807, 2.05) is 0 Å². The molecule has 0 spiro atoms. The Bertz CT molecular complexity index is 506. The molecule has 198 valence electrons. The summed E-state index contributed by atoms with van der Waals surface area (Å²) >= 11 is 0. The molecule has 0 amide bonds. The van der Waals surface area contributed by atoms with Gasteiger partial charge in [-0.05, 0) is 24.8 Å². The second kappa shape index (κ2) is 25.2. The average Bonchev–Trinajstić information content (AvgIpc) is 2.86. The zero-order chi connectivity index (χ0) is 24.4. The fraction of sp³-hybridized carbons (Fsp3) is 0.848. The summed E-state index contributed by atoms with van der Waals surface area (Å²) in [6.45, 7) is 5.79. The summed E-state index contributed by atoms with van der Waals surface area (Å²) in [5.74, 6) is 0. The predicted octanol–water partition coefficient (Wildman–Crippen LogP) is 10.9. The van der Waals surface area contributed by atoms with Crippen LogP contribution in [0.5, 0.6) is 0 Å². The van der Waals surface area contributed by atoms with Gasteiger partial charge in [0.05, 0.1) is 0 Å². The van der Waals surface area contributed by atoms with Gasteiger partial charge in [0, 0.05) is 18.6 Å². The van der Waals surface area contributed by atoms with Gasteiger partial charge < -0.3 is 0 Å². The van der Waals surface area contributed by atoms with Crippen molar-refractivity contribution in [1.29, 1.82) is 0 Å². The first-order chi connectivity index (χ1) is 16.9. The molecule has 0 bridgehead atoms. The van der Waals surface area contributed by atoms with Crippen LogP contribution in [0.15, 0.2) is 24.5 Å². The van der Waals surface area contributed by atoms with Crippen LogP contribution in [0, 0.1) is 0 Å². The third-order valence-corrected chi connectivity index (χ3v) is 7.55. The number of rotatable bonds is 26. The normalized spacial score (nSPS) is 11.4. The highest BCUT2D eigenvalue weighted by molar-refractivity contribution is 5.07. The van der Waals surface area contributed by atoms with E-state index in [2.05, 4.69) is 42.9 Å². The molecule has 0 unspecified atom stereocenters. The van der Waals surface area contributed by atoms with Gasteiger partial charge in [0.1, 0.15) is 6.54 Å².